The highest BCUT2D eigenvalue weighted by molar-refractivity contribution is 7.90. The third kappa shape index (κ3) is 2.79. The van der Waals surface area contributed by atoms with Crippen LogP contribution in [0, 0.1) is 0 Å². The molecule has 0 aliphatic carbocycles. The summed E-state index contributed by atoms with van der Waals surface area (Å²) >= 11 is 1.63. The van der Waals surface area contributed by atoms with Gasteiger partial charge in [0.1, 0.15) is 0 Å². The lowest BCUT2D eigenvalue weighted by molar-refractivity contribution is 0.602. The first-order valence-corrected chi connectivity index (χ1v) is 8.41. The Labute approximate surface area is 111 Å². The van der Waals surface area contributed by atoms with Crippen LogP contribution in [0.5, 0.6) is 0 Å². The van der Waals surface area contributed by atoms with Crippen LogP contribution in [0.4, 0.5) is 0 Å². The van der Waals surface area contributed by atoms with E-state index >= 15 is 0 Å². The molecule has 18 heavy (non-hydrogen) atoms. The number of sulfone groups is 1. The van der Waals surface area contributed by atoms with Crippen LogP contribution in [0.25, 0.3) is 11.3 Å². The van der Waals surface area contributed by atoms with Gasteiger partial charge in [-0.1, -0.05) is 26.0 Å². The lowest BCUT2D eigenvalue weighted by atomic mass is 10.2. The van der Waals surface area contributed by atoms with Crippen LogP contribution >= 0.6 is 11.3 Å². The molecule has 0 fully saturated rings. The number of thiazole rings is 1. The van der Waals surface area contributed by atoms with Crippen LogP contribution in [0.2, 0.25) is 0 Å². The van der Waals surface area contributed by atoms with E-state index in [1.54, 1.807) is 35.6 Å². The van der Waals surface area contributed by atoms with Crippen molar-refractivity contribution >= 4 is 21.2 Å². The first-order chi connectivity index (χ1) is 8.38. The fraction of sp³-hybridized carbons (Fsp3) is 0.308. The highest BCUT2D eigenvalue weighted by Crippen LogP contribution is 2.26. The molecule has 1 aromatic heterocycles. The third-order valence-corrected chi connectivity index (χ3v) is 4.87. The minimum Gasteiger partial charge on any atom is -0.241 e. The molecule has 96 valence electrons. The van der Waals surface area contributed by atoms with E-state index in [0.29, 0.717) is 10.8 Å². The summed E-state index contributed by atoms with van der Waals surface area (Å²) in [6.45, 7) is 4.21. The Morgan fingerprint density at radius 1 is 1.17 bits per heavy atom. The number of rotatable bonds is 3. The van der Waals surface area contributed by atoms with E-state index in [2.05, 4.69) is 18.8 Å². The summed E-state index contributed by atoms with van der Waals surface area (Å²) in [5.41, 5.74) is 1.86. The maximum absolute atomic E-state index is 11.4. The molecule has 0 saturated heterocycles. The summed E-state index contributed by atoms with van der Waals surface area (Å²) in [6, 6.07) is 6.85. The largest absolute Gasteiger partial charge is 0.241 e. The molecule has 0 aliphatic rings. The van der Waals surface area contributed by atoms with E-state index in [0.717, 1.165) is 16.3 Å². The molecule has 0 atom stereocenters. The van der Waals surface area contributed by atoms with E-state index in [-0.39, 0.29) is 0 Å². The van der Waals surface area contributed by atoms with Gasteiger partial charge in [-0.05, 0) is 12.1 Å². The van der Waals surface area contributed by atoms with Crippen molar-refractivity contribution in [3.63, 3.8) is 0 Å². The van der Waals surface area contributed by atoms with Crippen molar-refractivity contribution in [1.29, 1.82) is 0 Å². The summed E-state index contributed by atoms with van der Waals surface area (Å²) in [5.74, 6) is 0.416. The predicted octanol–water partition coefficient (Wildman–Crippen LogP) is 3.34. The van der Waals surface area contributed by atoms with Crippen LogP contribution in [-0.4, -0.2) is 19.7 Å². The second kappa shape index (κ2) is 4.82. The standard InChI is InChI=1S/C13H15NO2S2/c1-9(2)13-14-12(8-17-13)10-4-6-11(7-5-10)18(3,15)16/h4-9H,1-3H3. The molecule has 3 nitrogen and oxygen atoms in total. The smallest absolute Gasteiger partial charge is 0.175 e. The topological polar surface area (TPSA) is 47.0 Å². The summed E-state index contributed by atoms with van der Waals surface area (Å²) in [4.78, 5) is 4.88. The maximum Gasteiger partial charge on any atom is 0.175 e. The zero-order valence-corrected chi connectivity index (χ0v) is 12.2. The molecule has 0 bridgehead atoms. The van der Waals surface area contributed by atoms with Crippen molar-refractivity contribution in [3.8, 4) is 11.3 Å². The summed E-state index contributed by atoms with van der Waals surface area (Å²) in [6.07, 6.45) is 1.21. The van der Waals surface area contributed by atoms with Crippen molar-refractivity contribution in [3.05, 3.63) is 34.7 Å². The molecule has 0 amide bonds. The van der Waals surface area contributed by atoms with Crippen molar-refractivity contribution < 1.29 is 8.42 Å². The van der Waals surface area contributed by atoms with Crippen molar-refractivity contribution in [2.24, 2.45) is 0 Å². The average Bonchev–Trinajstić information content (AvgIpc) is 2.77. The van der Waals surface area contributed by atoms with Gasteiger partial charge in [0.15, 0.2) is 9.84 Å². The highest BCUT2D eigenvalue weighted by Gasteiger charge is 2.10. The Morgan fingerprint density at radius 2 is 1.78 bits per heavy atom. The van der Waals surface area contributed by atoms with Crippen molar-refractivity contribution in [2.45, 2.75) is 24.7 Å². The number of benzene rings is 1. The number of hydrogen-bond donors (Lipinski definition) is 0. The van der Waals surface area contributed by atoms with Crippen LogP contribution in [0.1, 0.15) is 24.8 Å². The number of hydrogen-bond acceptors (Lipinski definition) is 4. The molecule has 2 aromatic rings. The monoisotopic (exact) mass is 281 g/mol. The molecule has 5 heteroatoms. The fourth-order valence-corrected chi connectivity index (χ4v) is 3.03. The van der Waals surface area contributed by atoms with Gasteiger partial charge in [0.2, 0.25) is 0 Å². The SMILES string of the molecule is CC(C)c1nc(-c2ccc(S(C)(=O)=O)cc2)cs1. The molecule has 0 radical (unpaired) electrons. The average molecular weight is 281 g/mol. The van der Waals surface area contributed by atoms with E-state index in [4.69, 9.17) is 0 Å². The van der Waals surface area contributed by atoms with Gasteiger partial charge in [-0.3, -0.25) is 0 Å². The van der Waals surface area contributed by atoms with Crippen LogP contribution < -0.4 is 0 Å². The first-order valence-electron chi connectivity index (χ1n) is 5.64. The number of nitrogens with zero attached hydrogens (tertiary/aromatic N) is 1. The van der Waals surface area contributed by atoms with E-state index < -0.39 is 9.84 Å². The molecule has 0 spiro atoms. The van der Waals surface area contributed by atoms with Gasteiger partial charge in [-0.25, -0.2) is 13.4 Å². The van der Waals surface area contributed by atoms with E-state index in [1.807, 2.05) is 5.38 Å². The second-order valence-electron chi connectivity index (χ2n) is 4.52. The van der Waals surface area contributed by atoms with Crippen LogP contribution in [0.3, 0.4) is 0 Å². The van der Waals surface area contributed by atoms with Gasteiger partial charge in [0.05, 0.1) is 15.6 Å². The third-order valence-electron chi connectivity index (χ3n) is 2.59. The van der Waals surface area contributed by atoms with Crippen LogP contribution in [0.15, 0.2) is 34.5 Å². The highest BCUT2D eigenvalue weighted by atomic mass is 32.2. The molecule has 1 heterocycles. The molecule has 1 aromatic carbocycles. The zero-order chi connectivity index (χ0) is 13.3. The van der Waals surface area contributed by atoms with Gasteiger partial charge < -0.3 is 0 Å². The Kier molecular flexibility index (Phi) is 3.54. The van der Waals surface area contributed by atoms with Gasteiger partial charge >= 0.3 is 0 Å². The summed E-state index contributed by atoms with van der Waals surface area (Å²) in [5, 5.41) is 3.10. The summed E-state index contributed by atoms with van der Waals surface area (Å²) < 4.78 is 22.7. The Hall–Kier alpha value is -1.20. The fourth-order valence-electron chi connectivity index (χ4n) is 1.56. The molecule has 0 N–H and O–H groups in total. The van der Waals surface area contributed by atoms with Gasteiger partial charge in [-0.15, -0.1) is 11.3 Å². The lowest BCUT2D eigenvalue weighted by Crippen LogP contribution is -1.96. The molecule has 0 unspecified atom stereocenters. The molecular weight excluding hydrogens is 266 g/mol. The summed E-state index contributed by atoms with van der Waals surface area (Å²) in [7, 11) is -3.13. The van der Waals surface area contributed by atoms with Gasteiger partial charge in [0.25, 0.3) is 0 Å². The lowest BCUT2D eigenvalue weighted by Gasteiger charge is -2.00. The zero-order valence-electron chi connectivity index (χ0n) is 10.5. The Balaban J connectivity index is 2.34. The van der Waals surface area contributed by atoms with E-state index in [9.17, 15) is 8.42 Å². The quantitative estimate of drug-likeness (QED) is 0.867. The minimum atomic E-state index is -3.13. The number of aromatic nitrogens is 1. The van der Waals surface area contributed by atoms with Gasteiger partial charge in [-0.2, -0.15) is 0 Å². The van der Waals surface area contributed by atoms with Crippen molar-refractivity contribution in [1.82, 2.24) is 4.98 Å². The molecule has 0 aliphatic heterocycles. The maximum atomic E-state index is 11.4. The molecular formula is C13H15NO2S2. The van der Waals surface area contributed by atoms with E-state index in [1.165, 1.54) is 6.26 Å². The predicted molar refractivity (Wildman–Crippen MR) is 74.7 cm³/mol. The second-order valence-corrected chi connectivity index (χ2v) is 7.43. The Morgan fingerprint density at radius 3 is 2.22 bits per heavy atom. The normalized spacial score (nSPS) is 12.0. The Bertz CT molecular complexity index is 640. The van der Waals surface area contributed by atoms with Crippen LogP contribution in [-0.2, 0) is 9.84 Å². The van der Waals surface area contributed by atoms with Crippen molar-refractivity contribution in [2.75, 3.05) is 6.26 Å². The minimum absolute atomic E-state index is 0.338. The molecule has 2 rings (SSSR count). The first kappa shape index (κ1) is 13.2. The molecule has 0 saturated carbocycles. The van der Waals surface area contributed by atoms with Gasteiger partial charge in [0, 0.05) is 23.1 Å².